The van der Waals surface area contributed by atoms with Crippen molar-refractivity contribution in [1.82, 2.24) is 9.65 Å². The number of carbonyl (C=O) groups is 2. The average Bonchev–Trinajstić information content (AvgIpc) is 3.13. The first-order chi connectivity index (χ1) is 26.8. The van der Waals surface area contributed by atoms with E-state index < -0.39 is 48.6 Å². The van der Waals surface area contributed by atoms with Crippen molar-refractivity contribution in [2.24, 2.45) is 0 Å². The van der Waals surface area contributed by atoms with Gasteiger partial charge >= 0.3 is 347 Å². The minimum atomic E-state index is -4.62. The summed E-state index contributed by atoms with van der Waals surface area (Å²) in [5, 5.41) is 5.05. The van der Waals surface area contributed by atoms with Crippen LogP contribution in [0, 0.1) is 0 Å². The van der Waals surface area contributed by atoms with E-state index in [1.807, 2.05) is 91.0 Å². The van der Waals surface area contributed by atoms with Crippen LogP contribution in [0.25, 0.3) is 0 Å². The van der Waals surface area contributed by atoms with E-state index in [0.29, 0.717) is 10.0 Å². The standard InChI is InChI=1S/C43H45BrClF3N3O5P/c1-41(2,3)55-39(52)50-38-36(27-35(44)37(45)49-38)54-28-31(26-29-17-16-18-30(25-29)43(46,47)48)51(40(53)56-42(4,5)6)57(32-19-10-7-11-20-32,33-21-12-8-13-22-33)34-23-14-9-15-24-34/h7-25,27,31,57H,26,28H2,1-6H3,(H,49,50,52)/t31-/m0/s1. The second kappa shape index (κ2) is 17.9. The number of hydrogen-bond donors (Lipinski definition) is 1. The molecule has 2 amide bonds. The van der Waals surface area contributed by atoms with Gasteiger partial charge in [-0.15, -0.1) is 0 Å². The van der Waals surface area contributed by atoms with Crippen molar-refractivity contribution >= 4 is 68.9 Å². The molecular weight excluding hydrogens is 842 g/mol. The first-order valence-corrected chi connectivity index (χ1v) is 21.2. The molecule has 8 nitrogen and oxygen atoms in total. The Balaban J connectivity index is 1.79. The van der Waals surface area contributed by atoms with E-state index in [-0.39, 0.29) is 29.7 Å². The minimum absolute atomic E-state index is 0.0213. The molecule has 1 aromatic heterocycles. The number of benzene rings is 4. The van der Waals surface area contributed by atoms with Gasteiger partial charge in [0.1, 0.15) is 0 Å². The van der Waals surface area contributed by atoms with Crippen molar-refractivity contribution in [3.8, 4) is 5.75 Å². The van der Waals surface area contributed by atoms with E-state index in [9.17, 15) is 18.0 Å². The number of nitrogens with one attached hydrogen (secondary N) is 1. The second-order valence-electron chi connectivity index (χ2n) is 15.3. The summed E-state index contributed by atoms with van der Waals surface area (Å²) in [5.41, 5.74) is -2.35. The van der Waals surface area contributed by atoms with Gasteiger partial charge in [-0.2, -0.15) is 0 Å². The van der Waals surface area contributed by atoms with Crippen molar-refractivity contribution in [3.05, 3.63) is 142 Å². The molecule has 0 bridgehead atoms. The molecular formula is C43H45BrClF3N3O5P. The normalized spacial score (nSPS) is 13.0. The molecule has 0 spiro atoms. The van der Waals surface area contributed by atoms with E-state index in [1.165, 1.54) is 12.1 Å². The molecule has 5 aromatic rings. The van der Waals surface area contributed by atoms with Crippen LogP contribution in [0.1, 0.15) is 52.7 Å². The molecule has 5 rings (SSSR count). The maximum atomic E-state index is 15.2. The number of ether oxygens (including phenoxy) is 3. The third-order valence-electron chi connectivity index (χ3n) is 8.57. The van der Waals surface area contributed by atoms with Gasteiger partial charge in [0.15, 0.2) is 0 Å². The fraction of sp³-hybridized carbons (Fsp3) is 0.279. The number of carbonyl (C=O) groups excluding carboxylic acids is 2. The van der Waals surface area contributed by atoms with Crippen molar-refractivity contribution in [1.29, 1.82) is 0 Å². The van der Waals surface area contributed by atoms with E-state index in [1.54, 1.807) is 52.3 Å². The molecule has 1 atom stereocenters. The number of anilines is 1. The molecule has 0 unspecified atom stereocenters. The summed E-state index contributed by atoms with van der Waals surface area (Å²) < 4.78 is 62.7. The zero-order valence-electron chi connectivity index (χ0n) is 32.4. The zero-order valence-corrected chi connectivity index (χ0v) is 35.7. The Labute approximate surface area is 345 Å². The van der Waals surface area contributed by atoms with E-state index in [4.69, 9.17) is 25.8 Å². The summed E-state index contributed by atoms with van der Waals surface area (Å²) in [6.45, 7) is 10.1. The second-order valence-corrected chi connectivity index (χ2v) is 20.1. The molecule has 4 aromatic carbocycles. The molecule has 1 heterocycles. The van der Waals surface area contributed by atoms with Gasteiger partial charge < -0.3 is 0 Å². The summed E-state index contributed by atoms with van der Waals surface area (Å²) >= 11 is 9.77. The monoisotopic (exact) mass is 885 g/mol. The molecule has 57 heavy (non-hydrogen) atoms. The fourth-order valence-corrected chi connectivity index (χ4v) is 11.8. The van der Waals surface area contributed by atoms with Crippen LogP contribution in [-0.4, -0.2) is 45.7 Å². The van der Waals surface area contributed by atoms with Crippen molar-refractivity contribution in [3.63, 3.8) is 0 Å². The summed E-state index contributed by atoms with van der Waals surface area (Å²) in [6, 6.07) is 34.2. The Hall–Kier alpha value is -4.64. The van der Waals surface area contributed by atoms with Gasteiger partial charge in [0, 0.05) is 0 Å². The van der Waals surface area contributed by atoms with Crippen molar-refractivity contribution < 1.29 is 37.0 Å². The van der Waals surface area contributed by atoms with Gasteiger partial charge in [-0.05, 0) is 0 Å². The molecule has 0 aliphatic carbocycles. The predicted octanol–water partition coefficient (Wildman–Crippen LogP) is 10.7. The van der Waals surface area contributed by atoms with Gasteiger partial charge in [-0.1, -0.05) is 0 Å². The van der Waals surface area contributed by atoms with Gasteiger partial charge in [0.05, 0.1) is 0 Å². The topological polar surface area (TPSA) is 90.0 Å². The Morgan fingerprint density at radius 2 is 1.28 bits per heavy atom. The van der Waals surface area contributed by atoms with Gasteiger partial charge in [0.25, 0.3) is 0 Å². The summed E-state index contributed by atoms with van der Waals surface area (Å²) in [4.78, 5) is 32.5. The molecule has 0 aliphatic heterocycles. The van der Waals surface area contributed by atoms with E-state index in [0.717, 1.165) is 28.0 Å². The van der Waals surface area contributed by atoms with Crippen LogP contribution in [0.2, 0.25) is 5.15 Å². The third kappa shape index (κ3) is 11.1. The molecule has 0 saturated heterocycles. The Morgan fingerprint density at radius 3 is 1.75 bits per heavy atom. The molecule has 0 radical (unpaired) electrons. The van der Waals surface area contributed by atoms with Crippen LogP contribution < -0.4 is 26.0 Å². The van der Waals surface area contributed by atoms with Crippen molar-refractivity contribution in [2.45, 2.75) is 71.4 Å². The van der Waals surface area contributed by atoms with E-state index >= 15 is 4.79 Å². The molecule has 0 fully saturated rings. The Kier molecular flexibility index (Phi) is 13.6. The quantitative estimate of drug-likeness (QED) is 0.105. The summed E-state index contributed by atoms with van der Waals surface area (Å²) in [6.07, 6.45) is -6.24. The fourth-order valence-electron chi connectivity index (χ4n) is 6.43. The zero-order chi connectivity index (χ0) is 41.6. The number of amides is 2. The molecule has 0 aliphatic rings. The Morgan fingerprint density at radius 1 is 0.772 bits per heavy atom. The van der Waals surface area contributed by atoms with Crippen LogP contribution >= 0.6 is 34.9 Å². The van der Waals surface area contributed by atoms with Gasteiger partial charge in [-0.25, -0.2) is 0 Å². The van der Waals surface area contributed by atoms with Crippen LogP contribution in [0.15, 0.2) is 126 Å². The molecule has 14 heteroatoms. The number of alkyl halides is 3. The number of halogens is 5. The van der Waals surface area contributed by atoms with E-state index in [2.05, 4.69) is 26.2 Å². The number of rotatable bonds is 11. The SMILES string of the molecule is CC(C)(C)OC(=O)Nc1nc(Cl)c(Br)cc1OC[C@H](Cc1cccc(C(F)(F)F)c1)N(C(=O)OC(C)(C)C)[PH](c1ccccc1)(c1ccccc1)c1ccccc1. The average molecular weight is 887 g/mol. The maximum absolute atomic E-state index is 15.2. The predicted molar refractivity (Wildman–Crippen MR) is 226 cm³/mol. The number of aromatic nitrogens is 1. The summed E-state index contributed by atoms with van der Waals surface area (Å²) in [5.74, 6) is -0.0153. The number of nitrogens with zero attached hydrogens (tertiary/aromatic N) is 2. The first-order valence-electron chi connectivity index (χ1n) is 18.1. The van der Waals surface area contributed by atoms with Crippen LogP contribution in [0.4, 0.5) is 28.6 Å². The van der Waals surface area contributed by atoms with Crippen molar-refractivity contribution in [2.75, 3.05) is 11.9 Å². The van der Waals surface area contributed by atoms with Crippen LogP contribution in [0.3, 0.4) is 0 Å². The molecule has 1 N–H and O–H groups in total. The van der Waals surface area contributed by atoms with Crippen LogP contribution in [0.5, 0.6) is 5.75 Å². The first kappa shape index (κ1) is 43.5. The van der Waals surface area contributed by atoms with Gasteiger partial charge in [0.2, 0.25) is 0 Å². The summed E-state index contributed by atoms with van der Waals surface area (Å²) in [7, 11) is -3.79. The van der Waals surface area contributed by atoms with Crippen LogP contribution in [-0.2, 0) is 22.1 Å². The molecule has 302 valence electrons. The third-order valence-corrected chi connectivity index (χ3v) is 14.5. The van der Waals surface area contributed by atoms with Gasteiger partial charge in [-0.3, -0.25) is 0 Å². The molecule has 0 saturated carbocycles. The Bertz CT molecular complexity index is 2060. The number of hydrogen-bond acceptors (Lipinski definition) is 6. The number of pyridine rings is 1.